The molecule has 102 valence electrons. The molecule has 0 aliphatic carbocycles. The van der Waals surface area contributed by atoms with Crippen LogP contribution in [0.1, 0.15) is 26.3 Å². The highest BCUT2D eigenvalue weighted by atomic mass is 17.1. The third-order valence-electron chi connectivity index (χ3n) is 2.66. The number of carbonyl (C=O) groups is 2. The fourth-order valence-electron chi connectivity index (χ4n) is 1.69. The standard InChI is InChI=1S/C15H12O5/c16-14(19-10-11-6-2-1-3-7-11)12-8-4-5-9-13(12)15(17)20-18/h1-9,18H,10H2. The van der Waals surface area contributed by atoms with Crippen molar-refractivity contribution in [2.45, 2.75) is 6.61 Å². The molecule has 2 rings (SSSR count). The van der Waals surface area contributed by atoms with E-state index in [1.54, 1.807) is 12.1 Å². The van der Waals surface area contributed by atoms with Gasteiger partial charge >= 0.3 is 11.9 Å². The highest BCUT2D eigenvalue weighted by Gasteiger charge is 2.19. The molecule has 0 fully saturated rings. The van der Waals surface area contributed by atoms with Gasteiger partial charge in [-0.25, -0.2) is 9.59 Å². The Hall–Kier alpha value is -2.66. The maximum absolute atomic E-state index is 11.9. The van der Waals surface area contributed by atoms with Crippen LogP contribution < -0.4 is 0 Å². The average molecular weight is 272 g/mol. The van der Waals surface area contributed by atoms with Crippen LogP contribution in [0.3, 0.4) is 0 Å². The fourth-order valence-corrected chi connectivity index (χ4v) is 1.69. The van der Waals surface area contributed by atoms with E-state index in [9.17, 15) is 9.59 Å². The predicted octanol–water partition coefficient (Wildman–Crippen LogP) is 2.67. The van der Waals surface area contributed by atoms with Crippen molar-refractivity contribution < 1.29 is 24.5 Å². The molecular formula is C15H12O5. The Balaban J connectivity index is 2.12. The summed E-state index contributed by atoms with van der Waals surface area (Å²) in [6.45, 7) is 0.0994. The van der Waals surface area contributed by atoms with Crippen molar-refractivity contribution >= 4 is 11.9 Å². The minimum absolute atomic E-state index is 0.0440. The van der Waals surface area contributed by atoms with Gasteiger partial charge in [-0.15, -0.1) is 0 Å². The molecular weight excluding hydrogens is 260 g/mol. The highest BCUT2D eigenvalue weighted by Crippen LogP contribution is 2.13. The summed E-state index contributed by atoms with van der Waals surface area (Å²) in [7, 11) is 0. The largest absolute Gasteiger partial charge is 0.457 e. The lowest BCUT2D eigenvalue weighted by atomic mass is 10.1. The molecule has 2 aromatic rings. The first-order chi connectivity index (χ1) is 9.72. The molecule has 0 aromatic heterocycles. The van der Waals surface area contributed by atoms with Gasteiger partial charge in [-0.05, 0) is 17.7 Å². The quantitative estimate of drug-likeness (QED) is 0.526. The fraction of sp³-hybridized carbons (Fsp3) is 0.0667. The van der Waals surface area contributed by atoms with Crippen LogP contribution in [0.5, 0.6) is 0 Å². The first-order valence-corrected chi connectivity index (χ1v) is 5.88. The van der Waals surface area contributed by atoms with E-state index < -0.39 is 11.9 Å². The second kappa shape index (κ2) is 6.49. The van der Waals surface area contributed by atoms with Gasteiger partial charge < -0.3 is 4.74 Å². The lowest BCUT2D eigenvalue weighted by Gasteiger charge is -2.07. The molecule has 0 aliphatic rings. The second-order valence-electron chi connectivity index (χ2n) is 3.99. The van der Waals surface area contributed by atoms with E-state index in [2.05, 4.69) is 4.89 Å². The van der Waals surface area contributed by atoms with Crippen LogP contribution in [0.4, 0.5) is 0 Å². The maximum Gasteiger partial charge on any atom is 0.373 e. The molecule has 0 aliphatic heterocycles. The summed E-state index contributed by atoms with van der Waals surface area (Å²) in [6, 6.07) is 15.1. The summed E-state index contributed by atoms with van der Waals surface area (Å²) < 4.78 is 5.12. The van der Waals surface area contributed by atoms with Crippen molar-refractivity contribution in [1.29, 1.82) is 0 Å². The van der Waals surface area contributed by atoms with Crippen LogP contribution in [0, 0.1) is 0 Å². The van der Waals surface area contributed by atoms with Gasteiger partial charge in [0.15, 0.2) is 0 Å². The summed E-state index contributed by atoms with van der Waals surface area (Å²) in [5.74, 6) is -1.66. The van der Waals surface area contributed by atoms with E-state index in [0.717, 1.165) is 5.56 Å². The SMILES string of the molecule is O=C(OO)c1ccccc1C(=O)OCc1ccccc1. The van der Waals surface area contributed by atoms with Crippen LogP contribution in [-0.2, 0) is 16.2 Å². The zero-order chi connectivity index (χ0) is 14.4. The molecule has 0 heterocycles. The van der Waals surface area contributed by atoms with Crippen molar-refractivity contribution in [2.75, 3.05) is 0 Å². The molecule has 0 atom stereocenters. The summed E-state index contributed by atoms with van der Waals surface area (Å²) >= 11 is 0. The number of benzene rings is 2. The number of carbonyl (C=O) groups excluding carboxylic acids is 2. The van der Waals surface area contributed by atoms with Crippen LogP contribution in [0.2, 0.25) is 0 Å². The third-order valence-corrected chi connectivity index (χ3v) is 2.66. The van der Waals surface area contributed by atoms with E-state index >= 15 is 0 Å². The molecule has 2 aromatic carbocycles. The van der Waals surface area contributed by atoms with Gasteiger partial charge in [-0.3, -0.25) is 4.89 Å². The summed E-state index contributed by atoms with van der Waals surface area (Å²) in [6.07, 6.45) is 0. The molecule has 0 unspecified atom stereocenters. The molecule has 0 radical (unpaired) electrons. The molecule has 0 bridgehead atoms. The predicted molar refractivity (Wildman–Crippen MR) is 70.0 cm³/mol. The molecule has 5 nitrogen and oxygen atoms in total. The summed E-state index contributed by atoms with van der Waals surface area (Å²) in [5, 5.41) is 8.40. The van der Waals surface area contributed by atoms with Crippen LogP contribution in [-0.4, -0.2) is 17.2 Å². The smallest absolute Gasteiger partial charge is 0.373 e. The van der Waals surface area contributed by atoms with Gasteiger partial charge in [-0.2, -0.15) is 5.26 Å². The van der Waals surface area contributed by atoms with Gasteiger partial charge in [0.25, 0.3) is 0 Å². The molecule has 20 heavy (non-hydrogen) atoms. The molecule has 0 saturated carbocycles. The van der Waals surface area contributed by atoms with Gasteiger partial charge in [0, 0.05) is 0 Å². The number of esters is 1. The minimum Gasteiger partial charge on any atom is -0.457 e. The molecule has 0 amide bonds. The van der Waals surface area contributed by atoms with Crippen molar-refractivity contribution in [3.63, 3.8) is 0 Å². The van der Waals surface area contributed by atoms with Gasteiger partial charge in [0.2, 0.25) is 0 Å². The molecule has 0 saturated heterocycles. The van der Waals surface area contributed by atoms with E-state index in [4.69, 9.17) is 9.99 Å². The van der Waals surface area contributed by atoms with Crippen LogP contribution >= 0.6 is 0 Å². The second-order valence-corrected chi connectivity index (χ2v) is 3.99. The zero-order valence-corrected chi connectivity index (χ0v) is 10.5. The highest BCUT2D eigenvalue weighted by molar-refractivity contribution is 6.02. The van der Waals surface area contributed by atoms with Crippen molar-refractivity contribution in [2.24, 2.45) is 0 Å². The van der Waals surface area contributed by atoms with Crippen LogP contribution in [0.25, 0.3) is 0 Å². The lowest BCUT2D eigenvalue weighted by molar-refractivity contribution is -0.182. The molecule has 5 heteroatoms. The molecule has 0 spiro atoms. The number of ether oxygens (including phenoxy) is 1. The van der Waals surface area contributed by atoms with Crippen molar-refractivity contribution in [1.82, 2.24) is 0 Å². The summed E-state index contributed by atoms with van der Waals surface area (Å²) in [5.41, 5.74) is 0.832. The minimum atomic E-state index is -1.00. The van der Waals surface area contributed by atoms with E-state index in [0.29, 0.717) is 0 Å². The normalized spacial score (nSPS) is 9.85. The molecule has 1 N–H and O–H groups in total. The Bertz CT molecular complexity index is 607. The van der Waals surface area contributed by atoms with Gasteiger partial charge in [-0.1, -0.05) is 42.5 Å². The first kappa shape index (κ1) is 13.8. The van der Waals surface area contributed by atoms with Crippen molar-refractivity contribution in [3.8, 4) is 0 Å². The Morgan fingerprint density at radius 1 is 0.850 bits per heavy atom. The Morgan fingerprint density at radius 2 is 1.40 bits per heavy atom. The Labute approximate surface area is 115 Å². The van der Waals surface area contributed by atoms with Gasteiger partial charge in [0.05, 0.1) is 11.1 Å². The number of hydrogen-bond donors (Lipinski definition) is 1. The number of hydrogen-bond acceptors (Lipinski definition) is 5. The summed E-state index contributed by atoms with van der Waals surface area (Å²) in [4.78, 5) is 26.9. The third kappa shape index (κ3) is 3.21. The van der Waals surface area contributed by atoms with E-state index in [-0.39, 0.29) is 17.7 Å². The number of rotatable bonds is 4. The van der Waals surface area contributed by atoms with Crippen LogP contribution in [0.15, 0.2) is 54.6 Å². The average Bonchev–Trinajstić information content (AvgIpc) is 2.52. The van der Waals surface area contributed by atoms with Crippen molar-refractivity contribution in [3.05, 3.63) is 71.3 Å². The zero-order valence-electron chi connectivity index (χ0n) is 10.5. The maximum atomic E-state index is 11.9. The van der Waals surface area contributed by atoms with E-state index in [1.165, 1.54) is 12.1 Å². The van der Waals surface area contributed by atoms with Gasteiger partial charge in [0.1, 0.15) is 6.61 Å². The Morgan fingerprint density at radius 3 is 2.00 bits per heavy atom. The Kier molecular flexibility index (Phi) is 4.47. The first-order valence-electron chi connectivity index (χ1n) is 5.88. The topological polar surface area (TPSA) is 72.8 Å². The lowest BCUT2D eigenvalue weighted by Crippen LogP contribution is -2.13. The monoisotopic (exact) mass is 272 g/mol. The van der Waals surface area contributed by atoms with E-state index in [1.807, 2.05) is 30.3 Å².